The van der Waals surface area contributed by atoms with Crippen molar-refractivity contribution in [1.29, 1.82) is 0 Å². The van der Waals surface area contributed by atoms with Gasteiger partial charge in [0.05, 0.1) is 23.9 Å². The van der Waals surface area contributed by atoms with Crippen molar-refractivity contribution in [2.45, 2.75) is 153 Å². The summed E-state index contributed by atoms with van der Waals surface area (Å²) in [5.41, 5.74) is 3.89. The quantitative estimate of drug-likeness (QED) is 0.0823. The number of likely N-dealkylation sites (N-methyl/N-ethyl adjacent to an activating group) is 1. The van der Waals surface area contributed by atoms with Gasteiger partial charge in [0, 0.05) is 56.1 Å². The molecule has 0 saturated carbocycles. The molecule has 0 bridgehead atoms. The average molecular weight is 729 g/mol. The smallest absolute Gasteiger partial charge is 0.410 e. The van der Waals surface area contributed by atoms with Crippen molar-refractivity contribution >= 4 is 17.8 Å². The molecule has 0 aromatic carbocycles. The van der Waals surface area contributed by atoms with Gasteiger partial charge in [-0.05, 0) is 86.9 Å². The number of ketones is 1. The van der Waals surface area contributed by atoms with Gasteiger partial charge in [0.25, 0.3) is 0 Å². The van der Waals surface area contributed by atoms with Gasteiger partial charge in [-0.2, -0.15) is 0 Å². The number of cyclic esters (lactones) is 1. The molecule has 13 atom stereocenters. The van der Waals surface area contributed by atoms with Gasteiger partial charge < -0.3 is 39.0 Å². The summed E-state index contributed by atoms with van der Waals surface area (Å²) < 4.78 is 47.5. The highest BCUT2D eigenvalue weighted by atomic mass is 19.1. The van der Waals surface area contributed by atoms with Crippen LogP contribution in [0.2, 0.25) is 0 Å². The fourth-order valence-corrected chi connectivity index (χ4v) is 8.16. The van der Waals surface area contributed by atoms with Crippen LogP contribution in [0.5, 0.6) is 0 Å². The molecule has 3 rings (SSSR count). The third-order valence-corrected chi connectivity index (χ3v) is 11.0. The minimum Gasteiger partial charge on any atom is -0.458 e. The Kier molecular flexibility index (Phi) is 14.7. The Morgan fingerprint density at radius 3 is 2.41 bits per heavy atom. The van der Waals surface area contributed by atoms with E-state index in [1.807, 2.05) is 32.8 Å². The van der Waals surface area contributed by atoms with Crippen LogP contribution in [-0.4, -0.2) is 139 Å². The van der Waals surface area contributed by atoms with Gasteiger partial charge in [-0.1, -0.05) is 19.0 Å². The predicted octanol–water partition coefficient (Wildman–Crippen LogP) is 4.15. The van der Waals surface area contributed by atoms with Crippen molar-refractivity contribution in [3.63, 3.8) is 0 Å². The van der Waals surface area contributed by atoms with Gasteiger partial charge in [0.2, 0.25) is 0 Å². The number of ether oxygens (including phenoxy) is 5. The third kappa shape index (κ3) is 9.70. The second kappa shape index (κ2) is 17.5. The van der Waals surface area contributed by atoms with Crippen LogP contribution in [0.25, 0.3) is 10.4 Å². The first kappa shape index (κ1) is 42.8. The van der Waals surface area contributed by atoms with Crippen LogP contribution >= 0.6 is 0 Å². The number of aliphatic hydroxyl groups is 1. The lowest BCUT2D eigenvalue weighted by molar-refractivity contribution is -0.296. The van der Waals surface area contributed by atoms with Crippen molar-refractivity contribution in [3.8, 4) is 0 Å². The number of azide groups is 1. The number of hydrogen-bond donors (Lipinski definition) is 2. The van der Waals surface area contributed by atoms with E-state index in [1.54, 1.807) is 32.6 Å². The monoisotopic (exact) mass is 728 g/mol. The van der Waals surface area contributed by atoms with Crippen LogP contribution in [0.15, 0.2) is 5.11 Å². The largest absolute Gasteiger partial charge is 0.458 e. The number of nitrogens with zero attached hydrogens (tertiary/aromatic N) is 5. The standard InChI is InChI=1S/C35H61FN6O9/c1-12-25-35(8)28(42(32(46)51-35)16-14-13-15-39-40-37)23(5)38-19-33(6,36)18-34(7,47-11)29(21(3)26(43)22(4)30(45)49-25)50-31-27(44)24(41(9)10)17-20(2)48-31/h20-25,27-29,31,38,44H,12-19H2,1-11H3/t20-,21+,22-,23-,24?,25-,27-,28-,29-,31+,33?,34-,35-/m1/s1. The van der Waals surface area contributed by atoms with E-state index < -0.39 is 83.2 Å². The number of nitrogens with one attached hydrogen (secondary N) is 1. The van der Waals surface area contributed by atoms with Gasteiger partial charge in [0.15, 0.2) is 17.7 Å². The number of hydrogen-bond acceptors (Lipinski definition) is 12. The molecule has 3 aliphatic heterocycles. The number of unbranched alkanes of at least 4 members (excludes halogenated alkanes) is 1. The normalized spacial score (nSPS) is 41.6. The molecule has 2 N–H and O–H groups in total. The zero-order valence-corrected chi connectivity index (χ0v) is 32.3. The summed E-state index contributed by atoms with van der Waals surface area (Å²) in [4.78, 5) is 47.6. The molecule has 0 radical (unpaired) electrons. The molecule has 3 aliphatic rings. The summed E-state index contributed by atoms with van der Waals surface area (Å²) in [6.07, 6.45) is -3.66. The molecule has 0 spiro atoms. The predicted molar refractivity (Wildman–Crippen MR) is 186 cm³/mol. The van der Waals surface area contributed by atoms with Crippen LogP contribution in [0.3, 0.4) is 0 Å². The Morgan fingerprint density at radius 2 is 1.82 bits per heavy atom. The Bertz CT molecular complexity index is 1270. The first-order valence-corrected chi connectivity index (χ1v) is 18.1. The molecule has 2 unspecified atom stereocenters. The zero-order valence-electron chi connectivity index (χ0n) is 32.3. The van der Waals surface area contributed by atoms with Gasteiger partial charge in [-0.3, -0.25) is 14.5 Å². The first-order valence-electron chi connectivity index (χ1n) is 18.1. The number of carbonyl (C=O) groups excluding carboxylic acids is 3. The van der Waals surface area contributed by atoms with Crippen molar-refractivity contribution in [3.05, 3.63) is 10.4 Å². The Hall–Kier alpha value is -2.59. The van der Waals surface area contributed by atoms with Crippen molar-refractivity contribution < 1.29 is 47.6 Å². The van der Waals surface area contributed by atoms with Crippen LogP contribution in [0, 0.1) is 11.8 Å². The number of carbonyl (C=O) groups is 3. The molecular formula is C35H61FN6O9. The lowest BCUT2D eigenvalue weighted by atomic mass is 9.77. The maximum Gasteiger partial charge on any atom is 0.410 e. The van der Waals surface area contributed by atoms with E-state index >= 15 is 4.39 Å². The van der Waals surface area contributed by atoms with Crippen LogP contribution in [0.4, 0.5) is 9.18 Å². The molecule has 3 saturated heterocycles. The van der Waals surface area contributed by atoms with E-state index in [2.05, 4.69) is 15.3 Å². The molecule has 51 heavy (non-hydrogen) atoms. The van der Waals surface area contributed by atoms with E-state index in [9.17, 15) is 19.5 Å². The van der Waals surface area contributed by atoms with E-state index in [0.29, 0.717) is 19.3 Å². The summed E-state index contributed by atoms with van der Waals surface area (Å²) in [5.74, 6) is -3.65. The number of alkyl halides is 1. The molecule has 3 heterocycles. The second-order valence-electron chi connectivity index (χ2n) is 15.5. The van der Waals surface area contributed by atoms with Gasteiger partial charge in [-0.15, -0.1) is 0 Å². The molecular weight excluding hydrogens is 667 g/mol. The molecule has 3 fully saturated rings. The van der Waals surface area contributed by atoms with Crippen molar-refractivity contribution in [2.75, 3.05) is 40.8 Å². The average Bonchev–Trinajstić information content (AvgIpc) is 3.33. The van der Waals surface area contributed by atoms with Gasteiger partial charge in [-0.25, -0.2) is 9.18 Å². The number of methoxy groups -OCH3 is 1. The number of aliphatic hydroxyl groups excluding tert-OH is 1. The van der Waals surface area contributed by atoms with E-state index in [4.69, 9.17) is 29.2 Å². The fourth-order valence-electron chi connectivity index (χ4n) is 8.16. The molecule has 0 aromatic heterocycles. The van der Waals surface area contributed by atoms with Crippen molar-refractivity contribution in [2.24, 2.45) is 17.0 Å². The highest BCUT2D eigenvalue weighted by molar-refractivity contribution is 6.00. The minimum absolute atomic E-state index is 0.178. The number of halogens is 1. The molecule has 1 amide bonds. The first-order chi connectivity index (χ1) is 23.8. The Balaban J connectivity index is 2.07. The molecule has 0 aromatic rings. The van der Waals surface area contributed by atoms with Crippen LogP contribution in [0.1, 0.15) is 87.5 Å². The van der Waals surface area contributed by atoms with Gasteiger partial charge >= 0.3 is 12.1 Å². The van der Waals surface area contributed by atoms with Crippen LogP contribution in [-0.2, 0) is 33.3 Å². The SMILES string of the molecule is CC[C@H]1OC(=O)[C@H](C)C(=O)[C@H](C)[C@@H](O[C@@H]2O[C@H](C)CC(N(C)C)[C@H]2O)[C@](C)(OC)CC(C)(F)CN[C@H](C)[C@H]2N(CCCCN=[N+]=[N-])C(=O)O[C@]12C. The summed E-state index contributed by atoms with van der Waals surface area (Å²) in [7, 11) is 5.10. The Morgan fingerprint density at radius 1 is 1.16 bits per heavy atom. The van der Waals surface area contributed by atoms with Crippen molar-refractivity contribution in [1.82, 2.24) is 15.1 Å². The molecule has 0 aliphatic carbocycles. The summed E-state index contributed by atoms with van der Waals surface area (Å²) in [6.45, 7) is 13.6. The maximum atomic E-state index is 16.9. The summed E-state index contributed by atoms with van der Waals surface area (Å²) >= 11 is 0. The zero-order chi connectivity index (χ0) is 38.5. The topological polar surface area (TPSA) is 185 Å². The lowest BCUT2D eigenvalue weighted by Crippen LogP contribution is -2.62. The number of amides is 1. The number of rotatable bonds is 10. The van der Waals surface area contributed by atoms with E-state index in [1.165, 1.54) is 21.0 Å². The summed E-state index contributed by atoms with van der Waals surface area (Å²) in [5, 5.41) is 18.2. The highest BCUT2D eigenvalue weighted by Gasteiger charge is 2.59. The molecule has 16 heteroatoms. The number of esters is 1. The minimum atomic E-state index is -1.95. The maximum absolute atomic E-state index is 16.9. The molecule has 292 valence electrons. The van der Waals surface area contributed by atoms with Crippen LogP contribution < -0.4 is 5.32 Å². The summed E-state index contributed by atoms with van der Waals surface area (Å²) in [6, 6.07) is -1.56. The number of Topliss-reactive ketones (excluding diaryl/α,β-unsaturated/α-hetero) is 1. The number of fused-ring (bicyclic) bond motifs is 1. The lowest BCUT2D eigenvalue weighted by Gasteiger charge is -2.47. The molecule has 15 nitrogen and oxygen atoms in total. The van der Waals surface area contributed by atoms with E-state index in [-0.39, 0.29) is 44.6 Å². The highest BCUT2D eigenvalue weighted by Crippen LogP contribution is 2.41. The Labute approximate surface area is 301 Å². The van der Waals surface area contributed by atoms with E-state index in [0.717, 1.165) is 0 Å². The van der Waals surface area contributed by atoms with Gasteiger partial charge in [0.1, 0.15) is 23.8 Å². The third-order valence-electron chi connectivity index (χ3n) is 11.0. The fraction of sp³-hybridized carbons (Fsp3) is 0.914. The second-order valence-corrected chi connectivity index (χ2v) is 15.5.